The maximum Gasteiger partial charge on any atom is 0.225 e. The zero-order valence-corrected chi connectivity index (χ0v) is 19.6. The lowest BCUT2D eigenvalue weighted by Crippen LogP contribution is -2.35. The monoisotopic (exact) mass is 419 g/mol. The summed E-state index contributed by atoms with van der Waals surface area (Å²) in [7, 11) is 3.71. The van der Waals surface area contributed by atoms with Gasteiger partial charge in [-0.2, -0.15) is 0 Å². The summed E-state index contributed by atoms with van der Waals surface area (Å²) in [5.74, 6) is 3.18. The predicted octanol–water partition coefficient (Wildman–Crippen LogP) is 6.63. The van der Waals surface area contributed by atoms with E-state index in [4.69, 9.17) is 4.74 Å². The molecule has 2 aromatic rings. The summed E-state index contributed by atoms with van der Waals surface area (Å²) in [4.78, 5) is 14.9. The highest BCUT2D eigenvalue weighted by atomic mass is 16.5. The van der Waals surface area contributed by atoms with Crippen LogP contribution in [0.15, 0.2) is 42.5 Å². The van der Waals surface area contributed by atoms with E-state index in [1.165, 1.54) is 41.5 Å². The summed E-state index contributed by atoms with van der Waals surface area (Å²) in [5.41, 5.74) is 5.46. The van der Waals surface area contributed by atoms with Gasteiger partial charge in [-0.25, -0.2) is 0 Å². The highest BCUT2D eigenvalue weighted by molar-refractivity contribution is 5.78. The molecule has 2 aromatic carbocycles. The van der Waals surface area contributed by atoms with Crippen LogP contribution in [0.25, 0.3) is 11.1 Å². The molecule has 2 aliphatic rings. The molecule has 0 N–H and O–H groups in total. The van der Waals surface area contributed by atoms with Crippen molar-refractivity contribution in [1.29, 1.82) is 0 Å². The first-order chi connectivity index (χ1) is 15.0. The van der Waals surface area contributed by atoms with Gasteiger partial charge in [0.15, 0.2) is 0 Å². The molecule has 0 bridgehead atoms. The van der Waals surface area contributed by atoms with Gasteiger partial charge in [0.2, 0.25) is 5.91 Å². The van der Waals surface area contributed by atoms with E-state index in [1.807, 2.05) is 24.1 Å². The molecule has 31 heavy (non-hydrogen) atoms. The molecule has 2 aliphatic carbocycles. The van der Waals surface area contributed by atoms with Gasteiger partial charge < -0.3 is 9.64 Å². The van der Waals surface area contributed by atoms with E-state index >= 15 is 0 Å². The fourth-order valence-electron chi connectivity index (χ4n) is 5.71. The molecule has 0 aliphatic heterocycles. The van der Waals surface area contributed by atoms with Crippen LogP contribution in [0.2, 0.25) is 0 Å². The number of carbonyl (C=O) groups excluding carboxylic acids is 1. The minimum absolute atomic E-state index is 0.262. The van der Waals surface area contributed by atoms with Crippen molar-refractivity contribution in [2.45, 2.75) is 64.2 Å². The fraction of sp³-hybridized carbons (Fsp3) is 0.536. The van der Waals surface area contributed by atoms with Gasteiger partial charge in [0.25, 0.3) is 0 Å². The molecule has 3 heteroatoms. The highest BCUT2D eigenvalue weighted by Crippen LogP contribution is 2.48. The summed E-state index contributed by atoms with van der Waals surface area (Å²) >= 11 is 0. The Morgan fingerprint density at radius 2 is 1.65 bits per heavy atom. The Labute approximate surface area is 187 Å². The molecule has 2 unspecified atom stereocenters. The van der Waals surface area contributed by atoms with Gasteiger partial charge in [-0.15, -0.1) is 0 Å². The molecular weight excluding hydrogens is 382 g/mol. The topological polar surface area (TPSA) is 29.5 Å². The first kappa shape index (κ1) is 21.9. The standard InChI is InChI=1S/C28H37NO2/c1-19-20(2)27-18-23(21-10-13-24(31-4)14-11-21)12-15-26(27)25(19)16-17-29(3)28(30)22-8-6-5-7-9-22/h10-15,18-20,22,25H,5-9,16-17H2,1-4H3/t19-,20?,25?/m1/s1. The van der Waals surface area contributed by atoms with Crippen LogP contribution in [0.5, 0.6) is 5.75 Å². The van der Waals surface area contributed by atoms with Crippen molar-refractivity contribution in [3.8, 4) is 16.9 Å². The Morgan fingerprint density at radius 3 is 2.32 bits per heavy atom. The Kier molecular flexibility index (Phi) is 6.69. The molecule has 0 heterocycles. The number of ether oxygens (including phenoxy) is 1. The van der Waals surface area contributed by atoms with Crippen LogP contribution in [-0.2, 0) is 4.79 Å². The normalized spacial score (nSPS) is 23.4. The van der Waals surface area contributed by atoms with Crippen molar-refractivity contribution in [2.75, 3.05) is 20.7 Å². The largest absolute Gasteiger partial charge is 0.497 e. The molecule has 4 rings (SSSR count). The molecular formula is C28H37NO2. The summed E-state index contributed by atoms with van der Waals surface area (Å²) in [6, 6.07) is 15.3. The van der Waals surface area contributed by atoms with Crippen LogP contribution in [-0.4, -0.2) is 31.5 Å². The van der Waals surface area contributed by atoms with E-state index in [-0.39, 0.29) is 5.92 Å². The zero-order valence-electron chi connectivity index (χ0n) is 19.6. The molecule has 3 nitrogen and oxygen atoms in total. The lowest BCUT2D eigenvalue weighted by atomic mass is 9.86. The molecule has 166 valence electrons. The van der Waals surface area contributed by atoms with Gasteiger partial charge in [-0.3, -0.25) is 4.79 Å². The zero-order chi connectivity index (χ0) is 22.0. The second-order valence-corrected chi connectivity index (χ2v) is 9.71. The van der Waals surface area contributed by atoms with Gasteiger partial charge in [-0.1, -0.05) is 63.4 Å². The number of methoxy groups -OCH3 is 1. The Morgan fingerprint density at radius 1 is 0.968 bits per heavy atom. The minimum atomic E-state index is 0.262. The number of rotatable bonds is 6. The van der Waals surface area contributed by atoms with Crippen LogP contribution in [0.3, 0.4) is 0 Å². The molecule has 0 radical (unpaired) electrons. The van der Waals surface area contributed by atoms with Gasteiger partial charge in [0, 0.05) is 19.5 Å². The number of hydrogen-bond acceptors (Lipinski definition) is 2. The van der Waals surface area contributed by atoms with Crippen LogP contribution >= 0.6 is 0 Å². The summed E-state index contributed by atoms with van der Waals surface area (Å²) in [5, 5.41) is 0. The van der Waals surface area contributed by atoms with E-state index in [0.29, 0.717) is 23.7 Å². The van der Waals surface area contributed by atoms with Gasteiger partial charge in [0.05, 0.1) is 7.11 Å². The van der Waals surface area contributed by atoms with E-state index in [2.05, 4.69) is 44.2 Å². The molecule has 3 atom stereocenters. The minimum Gasteiger partial charge on any atom is -0.497 e. The SMILES string of the molecule is COc1ccc(-c2ccc3c(c2)C(C)[C@@H](C)C3CCN(C)C(=O)C2CCCCC2)cc1. The van der Waals surface area contributed by atoms with Crippen molar-refractivity contribution < 1.29 is 9.53 Å². The lowest BCUT2D eigenvalue weighted by Gasteiger charge is -2.28. The number of benzene rings is 2. The second-order valence-electron chi connectivity index (χ2n) is 9.71. The van der Waals surface area contributed by atoms with Crippen molar-refractivity contribution in [1.82, 2.24) is 4.90 Å². The number of carbonyl (C=O) groups is 1. The van der Waals surface area contributed by atoms with E-state index in [0.717, 1.165) is 31.6 Å². The molecule has 0 spiro atoms. The highest BCUT2D eigenvalue weighted by Gasteiger charge is 2.35. The Bertz CT molecular complexity index is 898. The fourth-order valence-corrected chi connectivity index (χ4v) is 5.71. The van der Waals surface area contributed by atoms with Crippen LogP contribution in [0, 0.1) is 11.8 Å². The molecule has 1 saturated carbocycles. The third kappa shape index (κ3) is 4.51. The average molecular weight is 420 g/mol. The molecule has 1 amide bonds. The average Bonchev–Trinajstić information content (AvgIpc) is 3.06. The second kappa shape index (κ2) is 9.46. The Hall–Kier alpha value is -2.29. The predicted molar refractivity (Wildman–Crippen MR) is 128 cm³/mol. The third-order valence-corrected chi connectivity index (χ3v) is 7.93. The maximum absolute atomic E-state index is 12.9. The maximum atomic E-state index is 12.9. The van der Waals surface area contributed by atoms with Crippen molar-refractivity contribution >= 4 is 5.91 Å². The molecule has 0 aromatic heterocycles. The van der Waals surface area contributed by atoms with Crippen LogP contribution in [0.4, 0.5) is 0 Å². The number of hydrogen-bond donors (Lipinski definition) is 0. The molecule has 0 saturated heterocycles. The van der Waals surface area contributed by atoms with Crippen molar-refractivity contribution in [3.63, 3.8) is 0 Å². The summed E-state index contributed by atoms with van der Waals surface area (Å²) < 4.78 is 5.30. The van der Waals surface area contributed by atoms with Gasteiger partial charge in [-0.05, 0) is 71.4 Å². The lowest BCUT2D eigenvalue weighted by molar-refractivity contribution is -0.135. The van der Waals surface area contributed by atoms with Gasteiger partial charge >= 0.3 is 0 Å². The quantitative estimate of drug-likeness (QED) is 0.526. The van der Waals surface area contributed by atoms with Crippen LogP contribution in [0.1, 0.15) is 75.3 Å². The number of nitrogens with zero attached hydrogens (tertiary/aromatic N) is 1. The van der Waals surface area contributed by atoms with E-state index in [1.54, 1.807) is 7.11 Å². The Balaban J connectivity index is 1.46. The number of amides is 1. The third-order valence-electron chi connectivity index (χ3n) is 7.93. The first-order valence-electron chi connectivity index (χ1n) is 12.0. The van der Waals surface area contributed by atoms with Gasteiger partial charge in [0.1, 0.15) is 5.75 Å². The van der Waals surface area contributed by atoms with E-state index < -0.39 is 0 Å². The van der Waals surface area contributed by atoms with E-state index in [9.17, 15) is 4.79 Å². The van der Waals surface area contributed by atoms with Crippen molar-refractivity contribution in [2.24, 2.45) is 11.8 Å². The van der Waals surface area contributed by atoms with Crippen LogP contribution < -0.4 is 4.74 Å². The summed E-state index contributed by atoms with van der Waals surface area (Å²) in [6.07, 6.45) is 6.93. The smallest absolute Gasteiger partial charge is 0.225 e. The summed E-state index contributed by atoms with van der Waals surface area (Å²) in [6.45, 7) is 5.60. The first-order valence-corrected chi connectivity index (χ1v) is 12.0. The molecule has 1 fully saturated rings. The number of fused-ring (bicyclic) bond motifs is 1. The van der Waals surface area contributed by atoms with Crippen molar-refractivity contribution in [3.05, 3.63) is 53.6 Å².